The number of rotatable bonds is 4. The molecule has 0 atom stereocenters. The largest absolute Gasteiger partial charge is 0.409 e. The zero-order valence-corrected chi connectivity index (χ0v) is 12.3. The van der Waals surface area contributed by atoms with Crippen LogP contribution in [0.3, 0.4) is 0 Å². The number of hydrogen-bond acceptors (Lipinski definition) is 3. The zero-order chi connectivity index (χ0) is 15.1. The number of amidine groups is 1. The van der Waals surface area contributed by atoms with Crippen LogP contribution in [-0.4, -0.2) is 17.1 Å². The molecule has 116 valence electrons. The molecule has 1 aromatic carbocycles. The van der Waals surface area contributed by atoms with Crippen LogP contribution in [0.1, 0.15) is 56.1 Å². The van der Waals surface area contributed by atoms with Crippen molar-refractivity contribution in [2.45, 2.75) is 57.5 Å². The minimum absolute atomic E-state index is 0.0755. The molecule has 0 aromatic heterocycles. The lowest BCUT2D eigenvalue weighted by atomic mass is 9.96. The fraction of sp³-hybridized carbons (Fsp3) is 0.562. The SMILES string of the molecule is NC(=NO)c1ccc(CNC2CCCCCCC2)c(F)c1. The van der Waals surface area contributed by atoms with Crippen molar-refractivity contribution in [2.75, 3.05) is 0 Å². The van der Waals surface area contributed by atoms with Crippen LogP contribution in [0.5, 0.6) is 0 Å². The summed E-state index contributed by atoms with van der Waals surface area (Å²) in [7, 11) is 0. The van der Waals surface area contributed by atoms with Crippen LogP contribution >= 0.6 is 0 Å². The van der Waals surface area contributed by atoms with Crippen molar-refractivity contribution in [2.24, 2.45) is 10.9 Å². The molecule has 1 aromatic rings. The van der Waals surface area contributed by atoms with Gasteiger partial charge in [-0.1, -0.05) is 49.4 Å². The first-order chi connectivity index (χ1) is 10.2. The Kier molecular flexibility index (Phi) is 5.99. The van der Waals surface area contributed by atoms with Crippen LogP contribution < -0.4 is 11.1 Å². The Hall–Kier alpha value is -1.62. The molecule has 1 aliphatic carbocycles. The van der Waals surface area contributed by atoms with Gasteiger partial charge in [0.05, 0.1) is 0 Å². The molecule has 21 heavy (non-hydrogen) atoms. The maximum absolute atomic E-state index is 14.0. The second-order valence-corrected chi connectivity index (χ2v) is 5.71. The Bertz CT molecular complexity index is 482. The van der Waals surface area contributed by atoms with Crippen molar-refractivity contribution in [3.63, 3.8) is 0 Å². The van der Waals surface area contributed by atoms with Gasteiger partial charge in [0, 0.05) is 23.7 Å². The summed E-state index contributed by atoms with van der Waals surface area (Å²) in [5, 5.41) is 14.9. The second-order valence-electron chi connectivity index (χ2n) is 5.71. The highest BCUT2D eigenvalue weighted by Gasteiger charge is 2.12. The molecule has 0 radical (unpaired) electrons. The monoisotopic (exact) mass is 293 g/mol. The first-order valence-electron chi connectivity index (χ1n) is 7.70. The molecule has 0 spiro atoms. The van der Waals surface area contributed by atoms with Gasteiger partial charge in [0.2, 0.25) is 0 Å². The Labute approximate surface area is 125 Å². The third kappa shape index (κ3) is 4.70. The summed E-state index contributed by atoms with van der Waals surface area (Å²) >= 11 is 0. The van der Waals surface area contributed by atoms with Gasteiger partial charge in [-0.2, -0.15) is 0 Å². The quantitative estimate of drug-likeness (QED) is 0.346. The zero-order valence-electron chi connectivity index (χ0n) is 12.3. The summed E-state index contributed by atoms with van der Waals surface area (Å²) in [4.78, 5) is 0. The highest BCUT2D eigenvalue weighted by molar-refractivity contribution is 5.97. The minimum Gasteiger partial charge on any atom is -0.409 e. The summed E-state index contributed by atoms with van der Waals surface area (Å²) in [6, 6.07) is 5.16. The molecule has 1 saturated carbocycles. The van der Waals surface area contributed by atoms with Crippen LogP contribution in [0.2, 0.25) is 0 Å². The van der Waals surface area contributed by atoms with Crippen molar-refractivity contribution in [3.8, 4) is 0 Å². The van der Waals surface area contributed by atoms with E-state index in [1.807, 2.05) is 0 Å². The molecule has 0 saturated heterocycles. The molecule has 1 aliphatic rings. The summed E-state index contributed by atoms with van der Waals surface area (Å²) in [6.45, 7) is 0.521. The lowest BCUT2D eigenvalue weighted by Gasteiger charge is -2.21. The summed E-state index contributed by atoms with van der Waals surface area (Å²) in [6.07, 6.45) is 8.80. The average Bonchev–Trinajstić information content (AvgIpc) is 2.46. The topological polar surface area (TPSA) is 70.6 Å². The van der Waals surface area contributed by atoms with Gasteiger partial charge in [-0.3, -0.25) is 0 Å². The average molecular weight is 293 g/mol. The molecule has 0 amide bonds. The van der Waals surface area contributed by atoms with E-state index in [1.165, 1.54) is 51.0 Å². The van der Waals surface area contributed by atoms with Crippen molar-refractivity contribution in [1.82, 2.24) is 5.32 Å². The van der Waals surface area contributed by atoms with Gasteiger partial charge in [0.1, 0.15) is 5.82 Å². The maximum Gasteiger partial charge on any atom is 0.170 e. The molecule has 1 fully saturated rings. The lowest BCUT2D eigenvalue weighted by molar-refractivity contribution is 0.318. The third-order valence-corrected chi connectivity index (χ3v) is 4.14. The predicted molar refractivity (Wildman–Crippen MR) is 81.9 cm³/mol. The number of nitrogens with two attached hydrogens (primary N) is 1. The van der Waals surface area contributed by atoms with Crippen LogP contribution in [-0.2, 0) is 6.54 Å². The standard InChI is InChI=1S/C16H24FN3O/c17-15-10-12(16(18)20-21)8-9-13(15)11-19-14-6-4-2-1-3-5-7-14/h8-10,14,19,21H,1-7,11H2,(H2,18,20). The van der Waals surface area contributed by atoms with Crippen LogP contribution in [0, 0.1) is 5.82 Å². The highest BCUT2D eigenvalue weighted by Crippen LogP contribution is 2.18. The van der Waals surface area contributed by atoms with E-state index in [9.17, 15) is 4.39 Å². The normalized spacial score (nSPS) is 18.2. The third-order valence-electron chi connectivity index (χ3n) is 4.14. The van der Waals surface area contributed by atoms with Crippen LogP contribution in [0.25, 0.3) is 0 Å². The Morgan fingerprint density at radius 2 is 1.90 bits per heavy atom. The molecule has 0 aliphatic heterocycles. The number of nitrogens with zero attached hydrogens (tertiary/aromatic N) is 1. The smallest absolute Gasteiger partial charge is 0.170 e. The van der Waals surface area contributed by atoms with Crippen molar-refractivity contribution in [1.29, 1.82) is 0 Å². The number of benzene rings is 1. The number of oxime groups is 1. The van der Waals surface area contributed by atoms with E-state index in [4.69, 9.17) is 10.9 Å². The summed E-state index contributed by atoms with van der Waals surface area (Å²) < 4.78 is 14.0. The van der Waals surface area contributed by atoms with Gasteiger partial charge in [0.15, 0.2) is 5.84 Å². The lowest BCUT2D eigenvalue weighted by Crippen LogP contribution is -2.29. The second kappa shape index (κ2) is 7.98. The molecule has 2 rings (SSSR count). The molecule has 0 heterocycles. The minimum atomic E-state index is -0.322. The van der Waals surface area contributed by atoms with Gasteiger partial charge >= 0.3 is 0 Å². The molecular formula is C16H24FN3O. The molecular weight excluding hydrogens is 269 g/mol. The predicted octanol–water partition coefficient (Wildman–Crippen LogP) is 3.12. The van der Waals surface area contributed by atoms with E-state index >= 15 is 0 Å². The Morgan fingerprint density at radius 3 is 2.52 bits per heavy atom. The van der Waals surface area contributed by atoms with E-state index in [1.54, 1.807) is 12.1 Å². The fourth-order valence-electron chi connectivity index (χ4n) is 2.82. The van der Waals surface area contributed by atoms with Gasteiger partial charge in [-0.05, 0) is 18.9 Å². The van der Waals surface area contributed by atoms with Crippen molar-refractivity contribution in [3.05, 3.63) is 35.1 Å². The molecule has 4 nitrogen and oxygen atoms in total. The van der Waals surface area contributed by atoms with Gasteiger partial charge in [0.25, 0.3) is 0 Å². The van der Waals surface area contributed by atoms with Crippen molar-refractivity contribution >= 4 is 5.84 Å². The van der Waals surface area contributed by atoms with E-state index < -0.39 is 0 Å². The van der Waals surface area contributed by atoms with E-state index in [0.29, 0.717) is 23.7 Å². The van der Waals surface area contributed by atoms with Gasteiger partial charge < -0.3 is 16.3 Å². The molecule has 0 unspecified atom stereocenters. The number of hydrogen-bond donors (Lipinski definition) is 3. The Morgan fingerprint density at radius 1 is 1.24 bits per heavy atom. The van der Waals surface area contributed by atoms with Gasteiger partial charge in [-0.15, -0.1) is 0 Å². The molecule has 0 bridgehead atoms. The first-order valence-corrected chi connectivity index (χ1v) is 7.70. The Balaban J connectivity index is 1.93. The number of nitrogens with one attached hydrogen (secondary N) is 1. The molecule has 4 N–H and O–H groups in total. The van der Waals surface area contributed by atoms with E-state index in [0.717, 1.165) is 0 Å². The van der Waals surface area contributed by atoms with E-state index in [2.05, 4.69) is 10.5 Å². The summed E-state index contributed by atoms with van der Waals surface area (Å²) in [5.41, 5.74) is 6.46. The highest BCUT2D eigenvalue weighted by atomic mass is 19.1. The van der Waals surface area contributed by atoms with Crippen LogP contribution in [0.15, 0.2) is 23.4 Å². The fourth-order valence-corrected chi connectivity index (χ4v) is 2.82. The summed E-state index contributed by atoms with van der Waals surface area (Å²) in [5.74, 6) is -0.397. The van der Waals surface area contributed by atoms with Crippen molar-refractivity contribution < 1.29 is 9.60 Å². The number of halogens is 1. The van der Waals surface area contributed by atoms with Crippen LogP contribution in [0.4, 0.5) is 4.39 Å². The van der Waals surface area contributed by atoms with E-state index in [-0.39, 0.29) is 11.7 Å². The maximum atomic E-state index is 14.0. The van der Waals surface area contributed by atoms with Gasteiger partial charge in [-0.25, -0.2) is 4.39 Å². The first kappa shape index (κ1) is 15.8. The molecule has 5 heteroatoms.